The fourth-order valence-electron chi connectivity index (χ4n) is 2.57. The third kappa shape index (κ3) is 7.09. The van der Waals surface area contributed by atoms with E-state index >= 15 is 0 Å². The van der Waals surface area contributed by atoms with Crippen molar-refractivity contribution in [3.05, 3.63) is 22.7 Å². The van der Waals surface area contributed by atoms with Gasteiger partial charge in [0.15, 0.2) is 12.7 Å². The quantitative estimate of drug-likeness (QED) is 0.197. The van der Waals surface area contributed by atoms with Gasteiger partial charge >= 0.3 is 17.6 Å². The first kappa shape index (κ1) is 26.4. The van der Waals surface area contributed by atoms with Crippen LogP contribution in [0.15, 0.2) is 17.1 Å². The predicted octanol–water partition coefficient (Wildman–Crippen LogP) is -0.950. The van der Waals surface area contributed by atoms with E-state index in [1.165, 1.54) is 0 Å². The molecule has 1 amide bonds. The maximum atomic E-state index is 14.4. The molecule has 13 nitrogen and oxygen atoms in total. The zero-order chi connectivity index (χ0) is 24.1. The summed E-state index contributed by atoms with van der Waals surface area (Å²) in [5.41, 5.74) is -1.24. The summed E-state index contributed by atoms with van der Waals surface area (Å²) in [4.78, 5) is 57.1. The third-order valence-electron chi connectivity index (χ3n) is 4.09. The van der Waals surface area contributed by atoms with Gasteiger partial charge in [-0.3, -0.25) is 14.2 Å². The number of rotatable bonds is 10. The van der Waals surface area contributed by atoms with Crippen LogP contribution in [-0.4, -0.2) is 81.3 Å². The van der Waals surface area contributed by atoms with Gasteiger partial charge in [-0.15, -0.1) is 0 Å². The van der Waals surface area contributed by atoms with Crippen molar-refractivity contribution >= 4 is 33.5 Å². The number of carbonyl (C=O) groups is 2. The number of anilines is 1. The van der Waals surface area contributed by atoms with Gasteiger partial charge in [-0.1, -0.05) is 0 Å². The number of aliphatic hydroxyl groups excluding tert-OH is 1. The highest BCUT2D eigenvalue weighted by Gasteiger charge is 2.59. The third-order valence-corrected chi connectivity index (χ3v) is 4.99. The molecule has 2 heterocycles. The van der Waals surface area contributed by atoms with Crippen LogP contribution in [0.4, 0.5) is 14.6 Å². The van der Waals surface area contributed by atoms with Gasteiger partial charge in [-0.05, 0) is 21.6 Å². The molecule has 0 bridgehead atoms. The van der Waals surface area contributed by atoms with E-state index in [1.807, 2.05) is 0 Å². The zero-order valence-corrected chi connectivity index (χ0v) is 18.5. The van der Waals surface area contributed by atoms with Crippen LogP contribution in [0.5, 0.6) is 0 Å². The van der Waals surface area contributed by atoms with Gasteiger partial charge in [-0.2, -0.15) is 13.8 Å². The number of nitrogens with zero attached hydrogens (tertiary/aromatic N) is 2. The Morgan fingerprint density at radius 3 is 2.72 bits per heavy atom. The Hall–Kier alpha value is -1.83. The molecule has 3 atom stereocenters. The number of hydrogen-bond donors (Lipinski definition) is 5. The summed E-state index contributed by atoms with van der Waals surface area (Å²) >= 11 is 0. The molecular formula is C15H22F2N4O9P2. The summed E-state index contributed by atoms with van der Waals surface area (Å²) in [6.45, 7) is -1.09. The molecule has 32 heavy (non-hydrogen) atoms. The van der Waals surface area contributed by atoms with Gasteiger partial charge in [0, 0.05) is 12.7 Å². The molecule has 0 aliphatic carbocycles. The summed E-state index contributed by atoms with van der Waals surface area (Å²) in [6.07, 6.45) is -5.48. The fraction of sp³-hybridized carbons (Fsp3) is 0.600. The standard InChI is InChI=1S/C15H22F2N4O9P2/c1-18-4-2-11(23)28-7-10(22)19-9-3-5-21(14(25)20-9)13-15(16,17)12(24)8(30-13)6-29-32(26,27)31/h3,5,8,12-13,18,24,26-27,31H,2,4,6-7H2,1H3,(H,19,20,22,25)/t8-,12-,13-/m1/s1. The van der Waals surface area contributed by atoms with Gasteiger partial charge in [0.1, 0.15) is 11.9 Å². The van der Waals surface area contributed by atoms with Gasteiger partial charge in [0.25, 0.3) is 13.1 Å². The summed E-state index contributed by atoms with van der Waals surface area (Å²) in [5, 5.41) is 14.7. The summed E-state index contributed by atoms with van der Waals surface area (Å²) in [5.74, 6) is -5.68. The minimum atomic E-state index is -3.96. The Kier molecular flexibility index (Phi) is 8.97. The lowest BCUT2D eigenvalue weighted by Crippen LogP contribution is -2.42. The van der Waals surface area contributed by atoms with Crippen LogP contribution in [0.2, 0.25) is 0 Å². The van der Waals surface area contributed by atoms with E-state index in [4.69, 9.17) is 19.3 Å². The van der Waals surface area contributed by atoms with Crippen molar-refractivity contribution in [3.63, 3.8) is 0 Å². The molecule has 1 fully saturated rings. The van der Waals surface area contributed by atoms with E-state index in [1.54, 1.807) is 7.05 Å². The van der Waals surface area contributed by atoms with Crippen molar-refractivity contribution in [2.75, 3.05) is 32.1 Å². The van der Waals surface area contributed by atoms with Crippen LogP contribution in [0.1, 0.15) is 12.6 Å². The van der Waals surface area contributed by atoms with Crippen LogP contribution in [-0.2, 0) is 23.6 Å². The zero-order valence-electron chi connectivity index (χ0n) is 16.6. The largest absolute Gasteiger partial charge is 0.456 e. The Bertz CT molecular complexity index is 942. The molecule has 1 aliphatic rings. The maximum absolute atomic E-state index is 14.4. The molecule has 0 unspecified atom stereocenters. The molecule has 1 aromatic heterocycles. The highest BCUT2D eigenvalue weighted by Crippen LogP contribution is 2.46. The van der Waals surface area contributed by atoms with Crippen molar-refractivity contribution in [1.82, 2.24) is 14.9 Å². The first-order chi connectivity index (χ1) is 14.8. The number of esters is 1. The highest BCUT2D eigenvalue weighted by molar-refractivity contribution is 7.88. The Labute approximate surface area is 181 Å². The van der Waals surface area contributed by atoms with Crippen LogP contribution in [0.3, 0.4) is 0 Å². The molecule has 0 aromatic carbocycles. The smallest absolute Gasteiger partial charge is 0.351 e. The van der Waals surface area contributed by atoms with Crippen LogP contribution in [0.25, 0.3) is 0 Å². The first-order valence-corrected chi connectivity index (χ1v) is 12.0. The Morgan fingerprint density at radius 2 is 2.12 bits per heavy atom. The number of ether oxygens (including phenoxy) is 2. The molecule has 0 saturated carbocycles. The van der Waals surface area contributed by atoms with Crippen LogP contribution >= 0.6 is 15.8 Å². The molecule has 180 valence electrons. The summed E-state index contributed by atoms with van der Waals surface area (Å²) < 4.78 is 43.5. The van der Waals surface area contributed by atoms with Crippen molar-refractivity contribution in [2.45, 2.75) is 30.8 Å². The molecule has 17 heteroatoms. The number of aromatic nitrogens is 2. The van der Waals surface area contributed by atoms with Gasteiger partial charge in [0.05, 0.1) is 13.0 Å². The van der Waals surface area contributed by atoms with Gasteiger partial charge in [-0.25, -0.2) is 4.79 Å². The van der Waals surface area contributed by atoms with Gasteiger partial charge in [0.2, 0.25) is 6.23 Å². The summed E-state index contributed by atoms with van der Waals surface area (Å²) in [6, 6.07) is 1.02. The van der Waals surface area contributed by atoms with E-state index in [2.05, 4.69) is 28.7 Å². The topological polar surface area (TPSA) is 181 Å². The Morgan fingerprint density at radius 1 is 1.44 bits per heavy atom. The van der Waals surface area contributed by atoms with E-state index in [-0.39, 0.29) is 12.2 Å². The predicted molar refractivity (Wildman–Crippen MR) is 107 cm³/mol. The molecular weight excluding hydrogens is 480 g/mol. The second-order valence-electron chi connectivity index (χ2n) is 6.55. The number of halogens is 2. The first-order valence-electron chi connectivity index (χ1n) is 9.00. The SMILES string of the molecule is CNCCC(=O)OCC(=O)Nc1ccn([C@@H]2O[C@H](COP(O)(O)=P)[C@@H](O)C2(F)F)c(=O)n1. The highest BCUT2D eigenvalue weighted by atomic mass is 31.8. The monoisotopic (exact) mass is 502 g/mol. The van der Waals surface area contributed by atoms with Crippen molar-refractivity contribution < 1.29 is 47.3 Å². The lowest BCUT2D eigenvalue weighted by molar-refractivity contribution is -0.147. The number of nitrogens with one attached hydrogen (secondary N) is 2. The number of aliphatic hydroxyl groups is 1. The number of hydrogen-bond acceptors (Lipinski definition) is 9. The van der Waals surface area contributed by atoms with Gasteiger partial charge < -0.3 is 39.5 Å². The average Bonchev–Trinajstić information content (AvgIpc) is 2.92. The maximum Gasteiger partial charge on any atom is 0.351 e. The molecule has 1 saturated heterocycles. The normalized spacial score (nSPS) is 22.5. The molecule has 2 rings (SSSR count). The molecule has 1 aromatic rings. The van der Waals surface area contributed by atoms with Crippen molar-refractivity contribution in [1.29, 1.82) is 0 Å². The van der Waals surface area contributed by atoms with E-state index in [0.29, 0.717) is 11.1 Å². The second kappa shape index (κ2) is 10.9. The molecule has 5 N–H and O–H groups in total. The number of amides is 1. The van der Waals surface area contributed by atoms with E-state index < -0.39 is 62.4 Å². The minimum Gasteiger partial charge on any atom is -0.456 e. The molecule has 1 aliphatic heterocycles. The van der Waals surface area contributed by atoms with E-state index in [9.17, 15) is 28.3 Å². The molecule has 0 spiro atoms. The van der Waals surface area contributed by atoms with Crippen molar-refractivity contribution in [2.24, 2.45) is 0 Å². The summed E-state index contributed by atoms with van der Waals surface area (Å²) in [7, 11) is 0.134. The fourth-order valence-corrected chi connectivity index (χ4v) is 3.15. The average molecular weight is 502 g/mol. The number of alkyl halides is 2. The van der Waals surface area contributed by atoms with Crippen LogP contribution < -0.4 is 16.3 Å². The minimum absolute atomic E-state index is 0.0421. The van der Waals surface area contributed by atoms with Crippen molar-refractivity contribution in [3.8, 4) is 0 Å². The lowest BCUT2D eigenvalue weighted by Gasteiger charge is -2.21. The number of carbonyl (C=O) groups excluding carboxylic acids is 2. The lowest BCUT2D eigenvalue weighted by atomic mass is 10.1. The van der Waals surface area contributed by atoms with Crippen LogP contribution in [0, 0.1) is 0 Å². The molecule has 0 radical (unpaired) electrons. The van der Waals surface area contributed by atoms with E-state index in [0.717, 1.165) is 12.3 Å². The second-order valence-corrected chi connectivity index (χ2v) is 9.65. The Balaban J connectivity index is 2.04.